The molecule has 0 bridgehead atoms. The van der Waals surface area contributed by atoms with Crippen LogP contribution in [0.4, 0.5) is 17.6 Å². The van der Waals surface area contributed by atoms with Gasteiger partial charge in [0.2, 0.25) is 0 Å². The van der Waals surface area contributed by atoms with Crippen LogP contribution < -0.4 is 28.4 Å². The average Bonchev–Trinajstić information content (AvgIpc) is 1.58. The van der Waals surface area contributed by atoms with Crippen LogP contribution >= 0.6 is 91.5 Å². The van der Waals surface area contributed by atoms with Gasteiger partial charge in [0.1, 0.15) is 56.6 Å². The lowest BCUT2D eigenvalue weighted by Gasteiger charge is -2.22. The standard InChI is InChI=1S/C126H170F4N4O6S8/c1-13-25-37-43-57-87(51-31-19-7)81-135-99-77-95(101(75-93(99)105-63-49-73-141-105)137-83-89(53-33-21-9)59-45-39-27-15-3)107-65-69-111(143-107)115-119(127)121(129)117(125-123(115)131-147-133-125)113-71-67-109(145-113)97-79-104(140-86-92(56-36-24-12)62-48-42-30-18-6)98(80-103(97)139-85-91(55-35-23-11)61-47-41-29-17-5)110-68-72-114(146-110)118-122(130)120(128)116(124-126(118)134-148-132-124)112-70-66-108(144-112)96-78-100(136-82-88(52-32-20-8)58-44-38-26-14-2)94(106-64-50-74-142-106)76-102(96)138-84-90(54-34-22-10)60-46-40-28-16-4/h49-50,63-80,87-92H,13-48,51-62,81-86H2,1-12H3. The second kappa shape index (κ2) is 64.0. The van der Waals surface area contributed by atoms with E-state index < -0.39 is 23.3 Å². The van der Waals surface area contributed by atoms with Crippen LogP contribution in [-0.2, 0) is 0 Å². The molecule has 5 aromatic carbocycles. The highest BCUT2D eigenvalue weighted by Crippen LogP contribution is 2.55. The molecule has 6 unspecified atom stereocenters. The van der Waals surface area contributed by atoms with Crippen LogP contribution in [0.5, 0.6) is 34.5 Å². The highest BCUT2D eigenvalue weighted by atomic mass is 32.1. The van der Waals surface area contributed by atoms with E-state index in [1.165, 1.54) is 148 Å². The highest BCUT2D eigenvalue weighted by molar-refractivity contribution is 7.20. The molecule has 13 rings (SSSR count). The zero-order valence-electron chi connectivity index (χ0n) is 91.2. The zero-order valence-corrected chi connectivity index (χ0v) is 97.7. The van der Waals surface area contributed by atoms with E-state index >= 15 is 17.6 Å². The summed E-state index contributed by atoms with van der Waals surface area (Å²) in [4.78, 5) is 7.43. The Balaban J connectivity index is 0.893. The fraction of sp³-hybridized carbons (Fsp3) is 0.571. The molecule has 0 aliphatic rings. The van der Waals surface area contributed by atoms with Crippen molar-refractivity contribution in [3.63, 3.8) is 0 Å². The van der Waals surface area contributed by atoms with Gasteiger partial charge in [-0.3, -0.25) is 0 Å². The van der Waals surface area contributed by atoms with Gasteiger partial charge in [0.05, 0.1) is 85.4 Å². The number of halogens is 4. The number of unbranched alkanes of at least 4 members (excludes halogenated alkanes) is 24. The lowest BCUT2D eigenvalue weighted by atomic mass is 9.95. The highest BCUT2D eigenvalue weighted by Gasteiger charge is 2.34. The number of rotatable bonds is 76. The molecule has 0 saturated carbocycles. The third-order valence-corrected chi connectivity index (χ3v) is 37.3. The molecule has 10 nitrogen and oxygen atoms in total. The van der Waals surface area contributed by atoms with Gasteiger partial charge in [0, 0.05) is 82.2 Å². The number of thiophene rings is 6. The van der Waals surface area contributed by atoms with Crippen molar-refractivity contribution in [3.05, 3.63) is 143 Å². The fourth-order valence-corrected chi connectivity index (χ4v) is 27.8. The molecule has 0 N–H and O–H groups in total. The minimum atomic E-state index is -1.00. The summed E-state index contributed by atoms with van der Waals surface area (Å²) in [6.45, 7) is 30.3. The largest absolute Gasteiger partial charge is 0.493 e. The van der Waals surface area contributed by atoms with Crippen LogP contribution in [0.25, 0.3) is 126 Å². The monoisotopic (exact) mass is 2170 g/mol. The topological polar surface area (TPSA) is 107 Å². The number of hydrogen-bond donors (Lipinski definition) is 0. The van der Waals surface area contributed by atoms with E-state index in [-0.39, 0.29) is 56.2 Å². The second-order valence-corrected chi connectivity index (χ2v) is 49.1. The van der Waals surface area contributed by atoms with Crippen LogP contribution in [0.3, 0.4) is 0 Å². The summed E-state index contributed by atoms with van der Waals surface area (Å²) in [5.41, 5.74) is 6.55. The normalized spacial score (nSPS) is 13.1. The van der Waals surface area contributed by atoms with Crippen molar-refractivity contribution in [2.24, 2.45) is 35.5 Å². The van der Waals surface area contributed by atoms with Crippen molar-refractivity contribution in [2.45, 2.75) is 391 Å². The predicted molar refractivity (Wildman–Crippen MR) is 633 cm³/mol. The molecule has 0 spiro atoms. The maximum absolute atomic E-state index is 18.4. The van der Waals surface area contributed by atoms with Crippen molar-refractivity contribution in [1.82, 2.24) is 17.5 Å². The van der Waals surface area contributed by atoms with E-state index in [4.69, 9.17) is 45.9 Å². The number of aromatic nitrogens is 4. The Bertz CT molecular complexity index is 5650. The van der Waals surface area contributed by atoms with Crippen LogP contribution in [0.2, 0.25) is 0 Å². The van der Waals surface area contributed by atoms with Crippen molar-refractivity contribution in [1.29, 1.82) is 0 Å². The Morgan fingerprint density at radius 3 is 0.561 bits per heavy atom. The van der Waals surface area contributed by atoms with Crippen LogP contribution in [0.1, 0.15) is 391 Å². The number of nitrogens with zero attached hydrogens (tertiary/aromatic N) is 4. The summed E-state index contributed by atoms with van der Waals surface area (Å²) >= 11 is 10.8. The van der Waals surface area contributed by atoms with Gasteiger partial charge in [-0.2, -0.15) is 17.5 Å². The molecule has 0 aliphatic carbocycles. The van der Waals surface area contributed by atoms with E-state index in [1.807, 2.05) is 48.5 Å². The molecule has 0 aliphatic heterocycles. The Kier molecular flexibility index (Phi) is 50.8. The quantitative estimate of drug-likeness (QED) is 0.0270. The van der Waals surface area contributed by atoms with E-state index in [9.17, 15) is 0 Å². The van der Waals surface area contributed by atoms with E-state index in [1.54, 1.807) is 22.7 Å². The first-order valence-electron chi connectivity index (χ1n) is 57.7. The summed E-state index contributed by atoms with van der Waals surface area (Å²) < 4.78 is 136. The van der Waals surface area contributed by atoms with Crippen LogP contribution in [0, 0.1) is 58.8 Å². The van der Waals surface area contributed by atoms with Gasteiger partial charge in [-0.1, -0.05) is 326 Å². The van der Waals surface area contributed by atoms with Crippen molar-refractivity contribution in [2.75, 3.05) is 39.6 Å². The van der Waals surface area contributed by atoms with Gasteiger partial charge in [-0.05, 0) is 220 Å². The van der Waals surface area contributed by atoms with Crippen LogP contribution in [-0.4, -0.2) is 57.1 Å². The maximum atomic E-state index is 18.4. The smallest absolute Gasteiger partial charge is 0.170 e. The molecule has 6 atom stereocenters. The van der Waals surface area contributed by atoms with E-state index in [2.05, 4.69) is 155 Å². The first-order chi connectivity index (χ1) is 72.6. The Morgan fingerprint density at radius 1 is 0.209 bits per heavy atom. The minimum Gasteiger partial charge on any atom is -0.493 e. The zero-order chi connectivity index (χ0) is 104. The van der Waals surface area contributed by atoms with E-state index in [0.29, 0.717) is 94.3 Å². The first-order valence-corrected chi connectivity index (χ1v) is 64.2. The molecule has 0 amide bonds. The lowest BCUT2D eigenvalue weighted by Crippen LogP contribution is -2.14. The summed E-state index contributed by atoms with van der Waals surface area (Å²) in [5, 5.41) is 4.24. The lowest BCUT2D eigenvalue weighted by molar-refractivity contribution is 0.221. The Labute approximate surface area is 918 Å². The SMILES string of the molecule is CCCCCCC(CCCC)COc1cc(-c2ccc(-c3c(F)c(F)c(-c4ccc(-c5cc(OCC(CCCC)CCCCCC)c(-c6ccc(-c7c(F)c(F)c(-c8ccc(-c9cc(OCC(CCCC)CCCCCC)c(-c%10cccs%10)cc9OCC(CCCC)CCCCCC)s8)c8nsnc78)s6)cc5OCC(CCCC)CCCCCC)s4)c4nsnc34)s2)c(OCC(CCCC)CCCCCC)cc1-c1cccs1. The number of benzene rings is 5. The second-order valence-electron chi connectivity index (χ2n) is 41.8. The summed E-state index contributed by atoms with van der Waals surface area (Å²) in [7, 11) is 0. The number of ether oxygens (including phenoxy) is 6. The first kappa shape index (κ1) is 118. The van der Waals surface area contributed by atoms with Crippen molar-refractivity contribution >= 4 is 114 Å². The van der Waals surface area contributed by atoms with Gasteiger partial charge < -0.3 is 28.4 Å². The Hall–Kier alpha value is -7.54. The van der Waals surface area contributed by atoms with E-state index in [0.717, 1.165) is 315 Å². The molecule has 0 radical (unpaired) electrons. The maximum Gasteiger partial charge on any atom is 0.170 e. The van der Waals surface area contributed by atoms with Gasteiger partial charge in [-0.15, -0.1) is 68.0 Å². The van der Waals surface area contributed by atoms with Gasteiger partial charge in [0.25, 0.3) is 0 Å². The molecule has 22 heteroatoms. The number of fused-ring (bicyclic) bond motifs is 2. The minimum absolute atomic E-state index is 0.0459. The molecule has 8 heterocycles. The third kappa shape index (κ3) is 33.3. The van der Waals surface area contributed by atoms with Gasteiger partial charge in [0.15, 0.2) is 23.3 Å². The molecule has 148 heavy (non-hydrogen) atoms. The van der Waals surface area contributed by atoms with Crippen molar-refractivity contribution < 1.29 is 46.0 Å². The van der Waals surface area contributed by atoms with Crippen LogP contribution in [0.15, 0.2) is 120 Å². The number of hydrogen-bond acceptors (Lipinski definition) is 18. The summed E-state index contributed by atoms with van der Waals surface area (Å²) in [6.07, 6.45) is 54.4. The third-order valence-electron chi connectivity index (χ3n) is 29.9. The molecule has 8 aromatic heterocycles. The van der Waals surface area contributed by atoms with Gasteiger partial charge in [-0.25, -0.2) is 17.6 Å². The molecule has 0 fully saturated rings. The molecular formula is C126H170F4N4O6S8. The Morgan fingerprint density at radius 2 is 0.385 bits per heavy atom. The fourth-order valence-electron chi connectivity index (χ4n) is 20.9. The molecular weight excluding hydrogens is 2000 g/mol. The molecule has 0 saturated heterocycles. The average molecular weight is 2170 g/mol. The van der Waals surface area contributed by atoms with Gasteiger partial charge >= 0.3 is 0 Å². The summed E-state index contributed by atoms with van der Waals surface area (Å²) in [5.74, 6) is 2.37. The predicted octanol–water partition coefficient (Wildman–Crippen LogP) is 44.2. The van der Waals surface area contributed by atoms with Crippen molar-refractivity contribution in [3.8, 4) is 139 Å². The molecule has 13 aromatic rings. The summed E-state index contributed by atoms with van der Waals surface area (Å²) in [6, 6.07) is 36.9. The molecule has 806 valence electrons.